The summed E-state index contributed by atoms with van der Waals surface area (Å²) in [5.41, 5.74) is 2.93. The minimum absolute atomic E-state index is 0.357. The van der Waals surface area contributed by atoms with E-state index in [0.717, 1.165) is 24.5 Å². The number of hydrogen-bond donors (Lipinski definition) is 3. The van der Waals surface area contributed by atoms with Crippen molar-refractivity contribution in [1.82, 2.24) is 10.2 Å². The topological polar surface area (TPSA) is 91.4 Å². The molecule has 0 saturated carbocycles. The molecule has 4 rings (SSSR count). The lowest BCUT2D eigenvalue weighted by molar-refractivity contribution is 0.122. The number of rotatable bonds is 5. The number of benzene rings is 2. The van der Waals surface area contributed by atoms with E-state index in [0.29, 0.717) is 30.4 Å². The van der Waals surface area contributed by atoms with Crippen LogP contribution in [-0.4, -0.2) is 42.5 Å². The average molecular weight is 408 g/mol. The second-order valence-electron chi connectivity index (χ2n) is 6.69. The van der Waals surface area contributed by atoms with Gasteiger partial charge in [0.2, 0.25) is 0 Å². The van der Waals surface area contributed by atoms with Gasteiger partial charge in [-0.15, -0.1) is 5.10 Å². The first-order chi connectivity index (χ1) is 14.7. The van der Waals surface area contributed by atoms with E-state index in [1.54, 1.807) is 18.3 Å². The van der Waals surface area contributed by atoms with Crippen LogP contribution >= 0.6 is 0 Å². The number of hydrogen-bond acceptors (Lipinski definition) is 6. The van der Waals surface area contributed by atoms with Gasteiger partial charge in [-0.1, -0.05) is 0 Å². The maximum Gasteiger partial charge on any atom is 0.323 e. The summed E-state index contributed by atoms with van der Waals surface area (Å²) in [4.78, 5) is 14.3. The Kier molecular flexibility index (Phi) is 6.00. The molecule has 0 bridgehead atoms. The highest BCUT2D eigenvalue weighted by Gasteiger charge is 2.12. The summed E-state index contributed by atoms with van der Waals surface area (Å²) in [6.45, 7) is 3.06. The number of nitrogens with one attached hydrogen (secondary N) is 3. The van der Waals surface area contributed by atoms with Crippen LogP contribution < -0.4 is 20.9 Å². The van der Waals surface area contributed by atoms with E-state index in [4.69, 9.17) is 4.74 Å². The van der Waals surface area contributed by atoms with Crippen molar-refractivity contribution in [2.75, 3.05) is 47.2 Å². The fourth-order valence-corrected chi connectivity index (χ4v) is 3.02. The third-order valence-corrected chi connectivity index (χ3v) is 4.53. The molecule has 1 aliphatic rings. The molecule has 30 heavy (non-hydrogen) atoms. The number of nitrogens with zero attached hydrogens (tertiary/aromatic N) is 3. The Bertz CT molecular complexity index is 991. The molecule has 1 saturated heterocycles. The Balaban J connectivity index is 1.34. The fourth-order valence-electron chi connectivity index (χ4n) is 3.02. The molecule has 0 atom stereocenters. The molecule has 154 valence electrons. The van der Waals surface area contributed by atoms with Crippen molar-refractivity contribution in [1.29, 1.82) is 0 Å². The number of morpholine rings is 1. The van der Waals surface area contributed by atoms with Gasteiger partial charge in [0.1, 0.15) is 5.82 Å². The van der Waals surface area contributed by atoms with Gasteiger partial charge in [-0.05, 0) is 48.5 Å². The highest BCUT2D eigenvalue weighted by Crippen LogP contribution is 2.21. The molecule has 1 aromatic heterocycles. The Morgan fingerprint density at radius 1 is 0.933 bits per heavy atom. The Labute approximate surface area is 173 Å². The van der Waals surface area contributed by atoms with Crippen LogP contribution in [0.25, 0.3) is 0 Å². The number of anilines is 5. The molecule has 2 heterocycles. The van der Waals surface area contributed by atoms with E-state index in [-0.39, 0.29) is 5.82 Å². The summed E-state index contributed by atoms with van der Waals surface area (Å²) in [7, 11) is 0. The number of ether oxygens (including phenoxy) is 1. The number of halogens is 1. The first-order valence-electron chi connectivity index (χ1n) is 9.52. The van der Waals surface area contributed by atoms with Crippen LogP contribution in [0.4, 0.5) is 37.8 Å². The SMILES string of the molecule is O=C(Nc1ccc(F)cc1)Nc1ccc(Nc2cc(N3CCOCC3)cnn2)cc1. The number of carbonyl (C=O) groups excluding carboxylic acids is 1. The molecule has 1 aliphatic heterocycles. The number of aromatic nitrogens is 2. The Morgan fingerprint density at radius 3 is 2.20 bits per heavy atom. The summed E-state index contributed by atoms with van der Waals surface area (Å²) in [6.07, 6.45) is 1.74. The van der Waals surface area contributed by atoms with E-state index in [1.807, 2.05) is 18.2 Å². The van der Waals surface area contributed by atoms with Gasteiger partial charge in [0.05, 0.1) is 25.1 Å². The summed E-state index contributed by atoms with van der Waals surface area (Å²) in [5.74, 6) is 0.276. The number of carbonyl (C=O) groups is 1. The first kappa shape index (κ1) is 19.6. The quantitative estimate of drug-likeness (QED) is 0.594. The monoisotopic (exact) mass is 408 g/mol. The lowest BCUT2D eigenvalue weighted by Gasteiger charge is -2.28. The lowest BCUT2D eigenvalue weighted by atomic mass is 10.2. The highest BCUT2D eigenvalue weighted by atomic mass is 19.1. The van der Waals surface area contributed by atoms with Crippen LogP contribution in [0.15, 0.2) is 60.8 Å². The average Bonchev–Trinajstić information content (AvgIpc) is 2.77. The molecule has 2 aromatic carbocycles. The third-order valence-electron chi connectivity index (χ3n) is 4.53. The van der Waals surface area contributed by atoms with Crippen molar-refractivity contribution in [3.05, 3.63) is 66.6 Å². The summed E-state index contributed by atoms with van der Waals surface area (Å²) < 4.78 is 18.3. The van der Waals surface area contributed by atoms with Gasteiger partial charge >= 0.3 is 6.03 Å². The Morgan fingerprint density at radius 2 is 1.53 bits per heavy atom. The molecule has 2 amide bonds. The highest BCUT2D eigenvalue weighted by molar-refractivity contribution is 5.99. The lowest BCUT2D eigenvalue weighted by Crippen LogP contribution is -2.36. The van der Waals surface area contributed by atoms with Crippen LogP contribution in [0.5, 0.6) is 0 Å². The van der Waals surface area contributed by atoms with Gasteiger partial charge in [0.25, 0.3) is 0 Å². The Hall–Kier alpha value is -3.72. The molecule has 0 unspecified atom stereocenters. The predicted molar refractivity (Wildman–Crippen MR) is 114 cm³/mol. The zero-order valence-corrected chi connectivity index (χ0v) is 16.1. The molecule has 0 spiro atoms. The summed E-state index contributed by atoms with van der Waals surface area (Å²) in [5, 5.41) is 16.8. The zero-order valence-electron chi connectivity index (χ0n) is 16.1. The van der Waals surface area contributed by atoms with E-state index in [9.17, 15) is 9.18 Å². The number of urea groups is 1. The normalized spacial score (nSPS) is 13.6. The number of amides is 2. The van der Waals surface area contributed by atoms with E-state index in [2.05, 4.69) is 31.0 Å². The van der Waals surface area contributed by atoms with Crippen LogP contribution in [0.3, 0.4) is 0 Å². The van der Waals surface area contributed by atoms with Gasteiger partial charge in [-0.25, -0.2) is 9.18 Å². The predicted octanol–water partition coefficient (Wildman–Crippen LogP) is 3.84. The molecule has 3 N–H and O–H groups in total. The van der Waals surface area contributed by atoms with Crippen molar-refractivity contribution in [2.24, 2.45) is 0 Å². The molecule has 1 fully saturated rings. The van der Waals surface area contributed by atoms with E-state index >= 15 is 0 Å². The first-order valence-corrected chi connectivity index (χ1v) is 9.52. The smallest absolute Gasteiger partial charge is 0.323 e. The van der Waals surface area contributed by atoms with Crippen molar-refractivity contribution < 1.29 is 13.9 Å². The molecule has 3 aromatic rings. The van der Waals surface area contributed by atoms with Gasteiger partial charge in [0, 0.05) is 36.2 Å². The van der Waals surface area contributed by atoms with Crippen molar-refractivity contribution in [3.8, 4) is 0 Å². The fraction of sp³-hybridized carbons (Fsp3) is 0.190. The zero-order chi connectivity index (χ0) is 20.8. The minimum Gasteiger partial charge on any atom is -0.378 e. The largest absolute Gasteiger partial charge is 0.378 e. The molecular formula is C21H21FN6O2. The maximum atomic E-state index is 12.9. The van der Waals surface area contributed by atoms with Crippen molar-refractivity contribution >= 4 is 34.6 Å². The molecule has 0 aliphatic carbocycles. The molecule has 8 nitrogen and oxygen atoms in total. The van der Waals surface area contributed by atoms with E-state index < -0.39 is 6.03 Å². The van der Waals surface area contributed by atoms with Crippen molar-refractivity contribution in [3.63, 3.8) is 0 Å². The molecular weight excluding hydrogens is 387 g/mol. The van der Waals surface area contributed by atoms with Crippen LogP contribution in [-0.2, 0) is 4.74 Å². The standard InChI is InChI=1S/C21H21FN6O2/c22-15-1-3-17(4-2-15)25-21(29)26-18-7-5-16(6-8-18)24-20-13-19(14-23-27-20)28-9-11-30-12-10-28/h1-8,13-14H,9-12H2,(H,24,27)(H2,25,26,29). The van der Waals surface area contributed by atoms with Gasteiger partial charge in [0.15, 0.2) is 5.82 Å². The second-order valence-corrected chi connectivity index (χ2v) is 6.69. The van der Waals surface area contributed by atoms with E-state index in [1.165, 1.54) is 24.3 Å². The van der Waals surface area contributed by atoms with Crippen LogP contribution in [0, 0.1) is 5.82 Å². The van der Waals surface area contributed by atoms with Gasteiger partial charge in [-0.2, -0.15) is 5.10 Å². The molecule has 0 radical (unpaired) electrons. The summed E-state index contributed by atoms with van der Waals surface area (Å²) >= 11 is 0. The van der Waals surface area contributed by atoms with Gasteiger partial charge < -0.3 is 25.6 Å². The van der Waals surface area contributed by atoms with Crippen molar-refractivity contribution in [2.45, 2.75) is 0 Å². The van der Waals surface area contributed by atoms with Crippen LogP contribution in [0.1, 0.15) is 0 Å². The minimum atomic E-state index is -0.411. The maximum absolute atomic E-state index is 12.9. The third kappa shape index (κ3) is 5.21. The van der Waals surface area contributed by atoms with Crippen LogP contribution in [0.2, 0.25) is 0 Å². The molecule has 9 heteroatoms. The summed E-state index contributed by atoms with van der Waals surface area (Å²) in [6, 6.07) is 14.3. The van der Waals surface area contributed by atoms with Gasteiger partial charge in [-0.3, -0.25) is 0 Å². The second kappa shape index (κ2) is 9.19.